The van der Waals surface area contributed by atoms with Crippen LogP contribution in [0.15, 0.2) is 24.5 Å². The molecule has 2 aromatic heterocycles. The zero-order valence-corrected chi connectivity index (χ0v) is 7.78. The van der Waals surface area contributed by atoms with E-state index in [4.69, 9.17) is 5.73 Å². The molecule has 0 atom stereocenters. The molecule has 0 saturated heterocycles. The van der Waals surface area contributed by atoms with Crippen LogP contribution < -0.4 is 11.1 Å². The van der Waals surface area contributed by atoms with Gasteiger partial charge in [-0.25, -0.2) is 4.98 Å². The van der Waals surface area contributed by atoms with Crippen molar-refractivity contribution >= 4 is 11.8 Å². The van der Waals surface area contributed by atoms with Crippen LogP contribution in [0, 0.1) is 0 Å². The van der Waals surface area contributed by atoms with Gasteiger partial charge in [0.2, 0.25) is 5.95 Å². The second-order valence-corrected chi connectivity index (χ2v) is 2.85. The molecule has 0 aliphatic carbocycles. The van der Waals surface area contributed by atoms with E-state index in [2.05, 4.69) is 20.3 Å². The predicted molar refractivity (Wildman–Crippen MR) is 55.8 cm³/mol. The highest BCUT2D eigenvalue weighted by molar-refractivity contribution is 5.63. The SMILES string of the molecule is CNc1cc(-c2cc[nH]c2)nc(N)n1. The molecule has 4 N–H and O–H groups in total. The Morgan fingerprint density at radius 3 is 2.93 bits per heavy atom. The van der Waals surface area contributed by atoms with E-state index < -0.39 is 0 Å². The summed E-state index contributed by atoms with van der Waals surface area (Å²) in [5.74, 6) is 0.988. The summed E-state index contributed by atoms with van der Waals surface area (Å²) < 4.78 is 0. The maximum atomic E-state index is 5.57. The minimum atomic E-state index is 0.271. The molecule has 0 spiro atoms. The van der Waals surface area contributed by atoms with Crippen molar-refractivity contribution in [2.24, 2.45) is 0 Å². The molecule has 5 heteroatoms. The fourth-order valence-corrected chi connectivity index (χ4v) is 1.23. The summed E-state index contributed by atoms with van der Waals surface area (Å²) in [5.41, 5.74) is 7.37. The molecule has 72 valence electrons. The first-order chi connectivity index (χ1) is 6.79. The largest absolute Gasteiger partial charge is 0.373 e. The van der Waals surface area contributed by atoms with Gasteiger partial charge in [0.25, 0.3) is 0 Å². The van der Waals surface area contributed by atoms with Crippen molar-refractivity contribution in [3.05, 3.63) is 24.5 Å². The molecule has 0 aliphatic heterocycles. The van der Waals surface area contributed by atoms with Crippen molar-refractivity contribution in [1.29, 1.82) is 0 Å². The number of nitrogen functional groups attached to an aromatic ring is 1. The lowest BCUT2D eigenvalue weighted by atomic mass is 10.2. The monoisotopic (exact) mass is 189 g/mol. The van der Waals surface area contributed by atoms with Crippen LogP contribution in [0.25, 0.3) is 11.3 Å². The van der Waals surface area contributed by atoms with Gasteiger partial charge in [0.1, 0.15) is 5.82 Å². The fourth-order valence-electron chi connectivity index (χ4n) is 1.23. The van der Waals surface area contributed by atoms with Crippen molar-refractivity contribution in [3.63, 3.8) is 0 Å². The van der Waals surface area contributed by atoms with Crippen LogP contribution in [0.5, 0.6) is 0 Å². The molecule has 0 radical (unpaired) electrons. The molecule has 14 heavy (non-hydrogen) atoms. The third-order valence-corrected chi connectivity index (χ3v) is 1.89. The minimum absolute atomic E-state index is 0.271. The molecule has 5 nitrogen and oxygen atoms in total. The second-order valence-electron chi connectivity index (χ2n) is 2.85. The van der Waals surface area contributed by atoms with Gasteiger partial charge in [0.05, 0.1) is 5.69 Å². The molecule has 0 bridgehead atoms. The fraction of sp³-hybridized carbons (Fsp3) is 0.111. The molecule has 2 rings (SSSR count). The Balaban J connectivity index is 2.48. The highest BCUT2D eigenvalue weighted by atomic mass is 15.1. The lowest BCUT2D eigenvalue weighted by Crippen LogP contribution is -2.00. The van der Waals surface area contributed by atoms with Gasteiger partial charge in [0, 0.05) is 31.1 Å². The Bertz CT molecular complexity index is 421. The van der Waals surface area contributed by atoms with E-state index in [-0.39, 0.29) is 5.95 Å². The Labute approximate surface area is 81.4 Å². The number of aromatic nitrogens is 3. The number of aromatic amines is 1. The molecule has 2 aromatic rings. The predicted octanol–water partition coefficient (Wildman–Crippen LogP) is 1.10. The Morgan fingerprint density at radius 2 is 2.29 bits per heavy atom. The third kappa shape index (κ3) is 1.52. The number of anilines is 2. The molecule has 0 aliphatic rings. The van der Waals surface area contributed by atoms with Gasteiger partial charge >= 0.3 is 0 Å². The quantitative estimate of drug-likeness (QED) is 0.660. The molecule has 0 saturated carbocycles. The van der Waals surface area contributed by atoms with Crippen molar-refractivity contribution in [1.82, 2.24) is 15.0 Å². The Kier molecular flexibility index (Phi) is 2.06. The summed E-state index contributed by atoms with van der Waals surface area (Å²) in [6.07, 6.45) is 3.70. The van der Waals surface area contributed by atoms with Crippen LogP contribution in [0.1, 0.15) is 0 Å². The smallest absolute Gasteiger partial charge is 0.222 e. The first-order valence-corrected chi connectivity index (χ1v) is 4.25. The topological polar surface area (TPSA) is 79.6 Å². The van der Waals surface area contributed by atoms with Gasteiger partial charge < -0.3 is 16.0 Å². The van der Waals surface area contributed by atoms with Gasteiger partial charge in [0.15, 0.2) is 0 Å². The van der Waals surface area contributed by atoms with Gasteiger partial charge in [-0.3, -0.25) is 0 Å². The van der Waals surface area contributed by atoms with Gasteiger partial charge in [-0.15, -0.1) is 0 Å². The van der Waals surface area contributed by atoms with Crippen LogP contribution in [-0.4, -0.2) is 22.0 Å². The first kappa shape index (κ1) is 8.55. The third-order valence-electron chi connectivity index (χ3n) is 1.89. The van der Waals surface area contributed by atoms with Gasteiger partial charge in [-0.1, -0.05) is 0 Å². The van der Waals surface area contributed by atoms with Crippen LogP contribution in [-0.2, 0) is 0 Å². The molecule has 0 fully saturated rings. The number of hydrogen-bond acceptors (Lipinski definition) is 4. The average molecular weight is 189 g/mol. The van der Waals surface area contributed by atoms with Gasteiger partial charge in [-0.2, -0.15) is 4.98 Å². The van der Waals surface area contributed by atoms with Crippen LogP contribution in [0.2, 0.25) is 0 Å². The number of H-pyrrole nitrogens is 1. The van der Waals surface area contributed by atoms with E-state index in [1.165, 1.54) is 0 Å². The van der Waals surface area contributed by atoms with E-state index in [9.17, 15) is 0 Å². The van der Waals surface area contributed by atoms with E-state index >= 15 is 0 Å². The Hall–Kier alpha value is -2.04. The van der Waals surface area contributed by atoms with E-state index in [0.717, 1.165) is 11.3 Å². The van der Waals surface area contributed by atoms with Crippen molar-refractivity contribution in [3.8, 4) is 11.3 Å². The summed E-state index contributed by atoms with van der Waals surface area (Å²) in [4.78, 5) is 11.1. The van der Waals surface area contributed by atoms with Crippen molar-refractivity contribution in [2.75, 3.05) is 18.1 Å². The summed E-state index contributed by atoms with van der Waals surface area (Å²) in [6.45, 7) is 0. The lowest BCUT2D eigenvalue weighted by molar-refractivity contribution is 1.18. The maximum absolute atomic E-state index is 5.57. The molecule has 0 amide bonds. The number of nitrogens with zero attached hydrogens (tertiary/aromatic N) is 2. The van der Waals surface area contributed by atoms with E-state index in [0.29, 0.717) is 5.82 Å². The summed E-state index contributed by atoms with van der Waals surface area (Å²) in [5, 5.41) is 2.93. The van der Waals surface area contributed by atoms with Crippen LogP contribution >= 0.6 is 0 Å². The second kappa shape index (κ2) is 3.37. The standard InChI is InChI=1S/C9H11N5/c1-11-8-4-7(13-9(10)14-8)6-2-3-12-5-6/h2-5,12H,1H3,(H3,10,11,13,14). The number of rotatable bonds is 2. The number of nitrogens with two attached hydrogens (primary N) is 1. The molecule has 2 heterocycles. The summed E-state index contributed by atoms with van der Waals surface area (Å²) in [6, 6.07) is 3.78. The maximum Gasteiger partial charge on any atom is 0.222 e. The number of hydrogen-bond donors (Lipinski definition) is 3. The number of nitrogens with one attached hydrogen (secondary N) is 2. The summed E-state index contributed by atoms with van der Waals surface area (Å²) >= 11 is 0. The zero-order valence-electron chi connectivity index (χ0n) is 7.78. The molecule has 0 aromatic carbocycles. The molecular formula is C9H11N5. The first-order valence-electron chi connectivity index (χ1n) is 4.25. The summed E-state index contributed by atoms with van der Waals surface area (Å²) in [7, 11) is 1.79. The highest BCUT2D eigenvalue weighted by Crippen LogP contribution is 2.19. The molecular weight excluding hydrogens is 178 g/mol. The minimum Gasteiger partial charge on any atom is -0.373 e. The van der Waals surface area contributed by atoms with Gasteiger partial charge in [-0.05, 0) is 6.07 Å². The van der Waals surface area contributed by atoms with E-state index in [1.54, 1.807) is 7.05 Å². The van der Waals surface area contributed by atoms with Crippen molar-refractivity contribution < 1.29 is 0 Å². The zero-order chi connectivity index (χ0) is 9.97. The Morgan fingerprint density at radius 1 is 1.43 bits per heavy atom. The highest BCUT2D eigenvalue weighted by Gasteiger charge is 2.03. The van der Waals surface area contributed by atoms with Crippen molar-refractivity contribution in [2.45, 2.75) is 0 Å². The van der Waals surface area contributed by atoms with Crippen LogP contribution in [0.4, 0.5) is 11.8 Å². The molecule has 0 unspecified atom stereocenters. The van der Waals surface area contributed by atoms with E-state index in [1.807, 2.05) is 24.5 Å². The average Bonchev–Trinajstić information content (AvgIpc) is 2.69. The lowest BCUT2D eigenvalue weighted by Gasteiger charge is -2.03. The normalized spacial score (nSPS) is 10.1. The van der Waals surface area contributed by atoms with Crippen LogP contribution in [0.3, 0.4) is 0 Å².